The lowest BCUT2D eigenvalue weighted by Gasteiger charge is -2.13. The first-order chi connectivity index (χ1) is 11.7. The van der Waals surface area contributed by atoms with Crippen LogP contribution in [0.5, 0.6) is 5.75 Å². The van der Waals surface area contributed by atoms with E-state index in [1.807, 2.05) is 48.5 Å². The topological polar surface area (TPSA) is 34.4 Å². The van der Waals surface area contributed by atoms with Gasteiger partial charge in [0.25, 0.3) is 0 Å². The molecule has 2 aromatic carbocycles. The fourth-order valence-electron chi connectivity index (χ4n) is 2.33. The summed E-state index contributed by atoms with van der Waals surface area (Å²) in [6.45, 7) is 1.79. The summed E-state index contributed by atoms with van der Waals surface area (Å²) >= 11 is 9.70. The molecule has 0 aliphatic carbocycles. The minimum absolute atomic E-state index is 0. The molecular weight excluding hydrogens is 425 g/mol. The molecule has 0 aliphatic heterocycles. The van der Waals surface area contributed by atoms with Gasteiger partial charge in [0.05, 0.1) is 12.8 Å². The molecule has 6 heteroatoms. The number of hydrogen-bond donors (Lipinski definition) is 1. The standard InChI is InChI=1S/C19H17BrClNO2.ClH/c20-16-7-8-19(24-13-14-4-1-2-6-18(14)21)15(10-16)11-22-12-17-5-3-9-23-17;/h1-10,22H,11-13H2;1H. The molecule has 1 aromatic heterocycles. The molecule has 0 atom stereocenters. The highest BCUT2D eigenvalue weighted by atomic mass is 79.9. The fourth-order valence-corrected chi connectivity index (χ4v) is 2.93. The summed E-state index contributed by atoms with van der Waals surface area (Å²) in [7, 11) is 0. The van der Waals surface area contributed by atoms with Gasteiger partial charge in [0.2, 0.25) is 0 Å². The number of hydrogen-bond acceptors (Lipinski definition) is 3. The molecule has 0 amide bonds. The van der Waals surface area contributed by atoms with Crippen LogP contribution >= 0.6 is 39.9 Å². The van der Waals surface area contributed by atoms with Gasteiger partial charge in [0.1, 0.15) is 18.1 Å². The van der Waals surface area contributed by atoms with Gasteiger partial charge in [0.15, 0.2) is 0 Å². The van der Waals surface area contributed by atoms with Gasteiger partial charge < -0.3 is 14.5 Å². The normalized spacial score (nSPS) is 10.3. The van der Waals surface area contributed by atoms with Crippen LogP contribution in [0.2, 0.25) is 5.02 Å². The average Bonchev–Trinajstić information content (AvgIpc) is 3.09. The maximum Gasteiger partial charge on any atom is 0.124 e. The van der Waals surface area contributed by atoms with E-state index in [2.05, 4.69) is 27.3 Å². The summed E-state index contributed by atoms with van der Waals surface area (Å²) < 4.78 is 12.3. The number of furan rings is 1. The van der Waals surface area contributed by atoms with Gasteiger partial charge in [-0.3, -0.25) is 0 Å². The molecule has 3 nitrogen and oxygen atoms in total. The Balaban J connectivity index is 0.00000225. The second kappa shape index (κ2) is 9.88. The highest BCUT2D eigenvalue weighted by molar-refractivity contribution is 9.10. The average molecular weight is 443 g/mol. The number of ether oxygens (including phenoxy) is 1. The molecule has 1 heterocycles. The van der Waals surface area contributed by atoms with Crippen molar-refractivity contribution >= 4 is 39.9 Å². The molecule has 0 fully saturated rings. The molecule has 0 spiro atoms. The van der Waals surface area contributed by atoms with Crippen molar-refractivity contribution in [2.45, 2.75) is 19.7 Å². The van der Waals surface area contributed by atoms with Crippen molar-refractivity contribution in [2.75, 3.05) is 0 Å². The van der Waals surface area contributed by atoms with Crippen molar-refractivity contribution in [1.82, 2.24) is 5.32 Å². The maximum absolute atomic E-state index is 6.19. The van der Waals surface area contributed by atoms with Crippen molar-refractivity contribution in [2.24, 2.45) is 0 Å². The van der Waals surface area contributed by atoms with Gasteiger partial charge in [-0.25, -0.2) is 0 Å². The van der Waals surface area contributed by atoms with Crippen molar-refractivity contribution in [3.63, 3.8) is 0 Å². The van der Waals surface area contributed by atoms with Crippen LogP contribution in [0.15, 0.2) is 69.8 Å². The third kappa shape index (κ3) is 5.79. The van der Waals surface area contributed by atoms with E-state index in [0.717, 1.165) is 27.1 Å². The fraction of sp³-hybridized carbons (Fsp3) is 0.158. The Labute approximate surface area is 166 Å². The lowest BCUT2D eigenvalue weighted by Crippen LogP contribution is -2.13. The van der Waals surface area contributed by atoms with Crippen LogP contribution in [0.25, 0.3) is 0 Å². The zero-order valence-electron chi connectivity index (χ0n) is 13.4. The summed E-state index contributed by atoms with van der Waals surface area (Å²) in [4.78, 5) is 0. The molecule has 0 radical (unpaired) electrons. The molecule has 132 valence electrons. The first kappa shape index (κ1) is 19.9. The van der Waals surface area contributed by atoms with E-state index < -0.39 is 0 Å². The van der Waals surface area contributed by atoms with Crippen LogP contribution in [0.1, 0.15) is 16.9 Å². The second-order valence-electron chi connectivity index (χ2n) is 5.32. The minimum atomic E-state index is 0. The highest BCUT2D eigenvalue weighted by Crippen LogP contribution is 2.25. The number of nitrogens with one attached hydrogen (secondary N) is 1. The summed E-state index contributed by atoms with van der Waals surface area (Å²) in [6, 6.07) is 17.5. The first-order valence-electron chi connectivity index (χ1n) is 7.60. The van der Waals surface area contributed by atoms with E-state index in [4.69, 9.17) is 20.8 Å². The van der Waals surface area contributed by atoms with Crippen LogP contribution in [-0.4, -0.2) is 0 Å². The van der Waals surface area contributed by atoms with Gasteiger partial charge in [-0.2, -0.15) is 0 Å². The maximum atomic E-state index is 6.19. The second-order valence-corrected chi connectivity index (χ2v) is 6.64. The summed E-state index contributed by atoms with van der Waals surface area (Å²) in [6.07, 6.45) is 1.67. The van der Waals surface area contributed by atoms with Crippen molar-refractivity contribution in [3.05, 3.63) is 87.2 Å². The lowest BCUT2D eigenvalue weighted by atomic mass is 10.2. The van der Waals surface area contributed by atoms with Crippen LogP contribution in [0, 0.1) is 0 Å². The third-order valence-electron chi connectivity index (χ3n) is 3.56. The number of rotatable bonds is 7. The van der Waals surface area contributed by atoms with E-state index in [1.165, 1.54) is 0 Å². The van der Waals surface area contributed by atoms with Gasteiger partial charge in [-0.15, -0.1) is 12.4 Å². The lowest BCUT2D eigenvalue weighted by molar-refractivity contribution is 0.302. The zero-order valence-corrected chi connectivity index (χ0v) is 16.5. The molecule has 0 bridgehead atoms. The molecule has 0 aliphatic rings. The summed E-state index contributed by atoms with van der Waals surface area (Å²) in [5.41, 5.74) is 2.04. The zero-order chi connectivity index (χ0) is 16.8. The number of benzene rings is 2. The Bertz CT molecular complexity index is 794. The summed E-state index contributed by atoms with van der Waals surface area (Å²) in [5, 5.41) is 4.08. The SMILES string of the molecule is Cl.Clc1ccccc1COc1ccc(Br)cc1CNCc1ccco1. The van der Waals surface area contributed by atoms with Crippen molar-refractivity contribution in [3.8, 4) is 5.75 Å². The molecule has 1 N–H and O–H groups in total. The van der Waals surface area contributed by atoms with Crippen LogP contribution in [-0.2, 0) is 19.7 Å². The van der Waals surface area contributed by atoms with Gasteiger partial charge >= 0.3 is 0 Å². The Morgan fingerprint density at radius 3 is 2.60 bits per heavy atom. The minimum Gasteiger partial charge on any atom is -0.489 e. The Kier molecular flexibility index (Phi) is 7.85. The van der Waals surface area contributed by atoms with Gasteiger partial charge in [0, 0.05) is 27.2 Å². The van der Waals surface area contributed by atoms with Crippen LogP contribution < -0.4 is 10.1 Å². The monoisotopic (exact) mass is 441 g/mol. The van der Waals surface area contributed by atoms with E-state index in [9.17, 15) is 0 Å². The van der Waals surface area contributed by atoms with Crippen LogP contribution in [0.4, 0.5) is 0 Å². The molecule has 0 saturated heterocycles. The first-order valence-corrected chi connectivity index (χ1v) is 8.77. The third-order valence-corrected chi connectivity index (χ3v) is 4.42. The molecule has 0 unspecified atom stereocenters. The van der Waals surface area contributed by atoms with Gasteiger partial charge in [-0.1, -0.05) is 45.7 Å². The molecule has 3 aromatic rings. The Morgan fingerprint density at radius 1 is 1.00 bits per heavy atom. The van der Waals surface area contributed by atoms with Crippen molar-refractivity contribution in [1.29, 1.82) is 0 Å². The predicted molar refractivity (Wildman–Crippen MR) is 106 cm³/mol. The molecule has 3 rings (SSSR count). The Morgan fingerprint density at radius 2 is 1.84 bits per heavy atom. The summed E-state index contributed by atoms with van der Waals surface area (Å²) in [5.74, 6) is 1.74. The quantitative estimate of drug-likeness (QED) is 0.488. The van der Waals surface area contributed by atoms with E-state index >= 15 is 0 Å². The van der Waals surface area contributed by atoms with E-state index in [0.29, 0.717) is 24.7 Å². The van der Waals surface area contributed by atoms with E-state index in [1.54, 1.807) is 6.26 Å². The number of halogens is 3. The van der Waals surface area contributed by atoms with E-state index in [-0.39, 0.29) is 12.4 Å². The smallest absolute Gasteiger partial charge is 0.124 e. The van der Waals surface area contributed by atoms with Crippen LogP contribution in [0.3, 0.4) is 0 Å². The predicted octanol–water partition coefficient (Wildman–Crippen LogP) is 5.99. The largest absolute Gasteiger partial charge is 0.489 e. The molecular formula is C19H18BrCl2NO2. The highest BCUT2D eigenvalue weighted by Gasteiger charge is 2.07. The molecule has 25 heavy (non-hydrogen) atoms. The molecule has 0 saturated carbocycles. The van der Waals surface area contributed by atoms with Gasteiger partial charge in [-0.05, 0) is 36.4 Å². The Hall–Kier alpha value is -1.46. The van der Waals surface area contributed by atoms with Crippen molar-refractivity contribution < 1.29 is 9.15 Å².